The van der Waals surface area contributed by atoms with Crippen LogP contribution >= 0.6 is 0 Å². The van der Waals surface area contributed by atoms with Crippen molar-refractivity contribution >= 4 is 35.7 Å². The second-order valence-corrected chi connectivity index (χ2v) is 11.1. The first-order valence-electron chi connectivity index (χ1n) is 14.9. The summed E-state index contributed by atoms with van der Waals surface area (Å²) in [7, 11) is 1.21. The average Bonchev–Trinajstić information content (AvgIpc) is 3.37. The quantitative estimate of drug-likeness (QED) is 0.172. The molecule has 0 bridgehead atoms. The molecule has 3 aromatic rings. The summed E-state index contributed by atoms with van der Waals surface area (Å²) in [5.74, 6) is -2.00. The summed E-state index contributed by atoms with van der Waals surface area (Å²) in [6.07, 6.45) is -1.50. The molecule has 0 aromatic heterocycles. The highest BCUT2D eigenvalue weighted by atomic mass is 16.6. The number of hydrogen-bond acceptors (Lipinski definition) is 8. The second kappa shape index (κ2) is 15.6. The molecule has 46 heavy (non-hydrogen) atoms. The molecule has 3 aromatic carbocycles. The van der Waals surface area contributed by atoms with Crippen LogP contribution in [0.4, 0.5) is 15.3 Å². The number of carbonyl (C=O) groups excluding carboxylic acids is 5. The van der Waals surface area contributed by atoms with Gasteiger partial charge in [0.25, 0.3) is 0 Å². The van der Waals surface area contributed by atoms with Gasteiger partial charge in [0.1, 0.15) is 31.8 Å². The van der Waals surface area contributed by atoms with Crippen molar-refractivity contribution in [3.05, 3.63) is 89.5 Å². The fourth-order valence-corrected chi connectivity index (χ4v) is 5.02. The molecule has 4 N–H and O–H groups in total. The number of fused-ring (bicyclic) bond motifs is 3. The topological polar surface area (TPSA) is 161 Å². The van der Waals surface area contributed by atoms with E-state index in [-0.39, 0.29) is 31.6 Å². The second-order valence-electron chi connectivity index (χ2n) is 11.1. The zero-order chi connectivity index (χ0) is 33.2. The van der Waals surface area contributed by atoms with Crippen molar-refractivity contribution in [3.63, 3.8) is 0 Å². The van der Waals surface area contributed by atoms with Crippen LogP contribution < -0.4 is 21.3 Å². The van der Waals surface area contributed by atoms with Crippen molar-refractivity contribution in [1.82, 2.24) is 16.0 Å². The molecular weight excluding hydrogens is 592 g/mol. The fraction of sp³-hybridized carbons (Fsp3) is 0.324. The van der Waals surface area contributed by atoms with Gasteiger partial charge in [0, 0.05) is 11.6 Å². The van der Waals surface area contributed by atoms with E-state index >= 15 is 0 Å². The Morgan fingerprint density at radius 2 is 1.35 bits per heavy atom. The third-order valence-corrected chi connectivity index (χ3v) is 7.51. The minimum absolute atomic E-state index is 0.0546. The number of esters is 1. The monoisotopic (exact) mass is 630 g/mol. The van der Waals surface area contributed by atoms with Crippen LogP contribution in [0.1, 0.15) is 43.4 Å². The molecule has 0 unspecified atom stereocenters. The lowest BCUT2D eigenvalue weighted by Gasteiger charge is -2.24. The summed E-state index contributed by atoms with van der Waals surface area (Å²) in [6.45, 7) is 4.85. The summed E-state index contributed by atoms with van der Waals surface area (Å²) < 4.78 is 15.1. The molecule has 0 heterocycles. The first-order valence-corrected chi connectivity index (χ1v) is 14.9. The number of alkyl carbamates (subject to hydrolysis) is 2. The molecule has 4 rings (SSSR count). The Hall–Kier alpha value is -5.39. The zero-order valence-corrected chi connectivity index (χ0v) is 26.1. The molecule has 2 atom stereocenters. The van der Waals surface area contributed by atoms with Crippen LogP contribution in [-0.4, -0.2) is 62.3 Å². The Morgan fingerprint density at radius 3 is 1.93 bits per heavy atom. The number of rotatable bonds is 12. The number of anilines is 1. The van der Waals surface area contributed by atoms with E-state index in [2.05, 4.69) is 38.1 Å². The van der Waals surface area contributed by atoms with Gasteiger partial charge in [0.15, 0.2) is 0 Å². The van der Waals surface area contributed by atoms with E-state index in [4.69, 9.17) is 9.47 Å². The number of methoxy groups -OCH3 is 1. The van der Waals surface area contributed by atoms with Gasteiger partial charge in [-0.2, -0.15) is 0 Å². The summed E-state index contributed by atoms with van der Waals surface area (Å²) in [5.41, 5.74) is 5.49. The van der Waals surface area contributed by atoms with Gasteiger partial charge in [-0.1, -0.05) is 74.5 Å². The van der Waals surface area contributed by atoms with E-state index < -0.39 is 42.1 Å². The van der Waals surface area contributed by atoms with Gasteiger partial charge in [-0.25, -0.2) is 9.59 Å². The Balaban J connectivity index is 1.25. The van der Waals surface area contributed by atoms with Crippen molar-refractivity contribution in [2.45, 2.75) is 45.4 Å². The highest BCUT2D eigenvalue weighted by Gasteiger charge is 2.31. The SMILES string of the molecule is COC(=O)CNC(=O)OCc1ccc(NC(=O)[C@H](C)NC(=O)[C@@H](NC(=O)OCC2c3ccccc3-c3ccccc32)C(C)C)cc1. The number of ether oxygens (including phenoxy) is 3. The maximum absolute atomic E-state index is 13.1. The van der Waals surface area contributed by atoms with Crippen LogP contribution in [0.3, 0.4) is 0 Å². The smallest absolute Gasteiger partial charge is 0.407 e. The predicted molar refractivity (Wildman–Crippen MR) is 170 cm³/mol. The summed E-state index contributed by atoms with van der Waals surface area (Å²) in [4.78, 5) is 61.5. The Labute approximate surface area is 267 Å². The molecule has 0 spiro atoms. The highest BCUT2D eigenvalue weighted by molar-refractivity contribution is 5.98. The third-order valence-electron chi connectivity index (χ3n) is 7.51. The maximum atomic E-state index is 13.1. The van der Waals surface area contributed by atoms with Gasteiger partial charge in [0.05, 0.1) is 7.11 Å². The van der Waals surface area contributed by atoms with E-state index in [1.54, 1.807) is 38.1 Å². The molecule has 12 nitrogen and oxygen atoms in total. The van der Waals surface area contributed by atoms with Crippen LogP contribution in [-0.2, 0) is 35.2 Å². The standard InChI is InChI=1S/C34H38N4O8/c1-20(2)30(38-34(43)46-19-28-26-11-7-5-9-24(26)25-10-6-8-12-27(25)28)32(41)36-21(3)31(40)37-23-15-13-22(14-16-23)18-45-33(42)35-17-29(39)44-4/h5-16,20-21,28,30H,17-19H2,1-4H3,(H,35,42)(H,36,41)(H,37,40)(H,38,43)/t21-,30-/m0/s1. The highest BCUT2D eigenvalue weighted by Crippen LogP contribution is 2.44. The lowest BCUT2D eigenvalue weighted by atomic mass is 9.98. The molecule has 0 aliphatic heterocycles. The lowest BCUT2D eigenvalue weighted by molar-refractivity contribution is -0.139. The van der Waals surface area contributed by atoms with Crippen molar-refractivity contribution in [1.29, 1.82) is 0 Å². The number of nitrogens with one attached hydrogen (secondary N) is 4. The number of amides is 4. The minimum atomic E-state index is -0.935. The molecular formula is C34H38N4O8. The lowest BCUT2D eigenvalue weighted by Crippen LogP contribution is -2.53. The summed E-state index contributed by atoms with van der Waals surface area (Å²) >= 11 is 0. The van der Waals surface area contributed by atoms with Crippen LogP contribution in [0.2, 0.25) is 0 Å². The van der Waals surface area contributed by atoms with E-state index in [0.717, 1.165) is 22.3 Å². The van der Waals surface area contributed by atoms with Crippen molar-refractivity contribution in [2.75, 3.05) is 25.6 Å². The van der Waals surface area contributed by atoms with Crippen LogP contribution in [0.5, 0.6) is 0 Å². The van der Waals surface area contributed by atoms with Gasteiger partial charge in [-0.15, -0.1) is 0 Å². The van der Waals surface area contributed by atoms with Gasteiger partial charge in [-0.3, -0.25) is 14.4 Å². The average molecular weight is 631 g/mol. The molecule has 1 aliphatic carbocycles. The summed E-state index contributed by atoms with van der Waals surface area (Å²) in [6, 6.07) is 20.7. The van der Waals surface area contributed by atoms with Gasteiger partial charge in [-0.05, 0) is 52.8 Å². The molecule has 242 valence electrons. The van der Waals surface area contributed by atoms with Crippen LogP contribution in [0.15, 0.2) is 72.8 Å². The minimum Gasteiger partial charge on any atom is -0.468 e. The van der Waals surface area contributed by atoms with Crippen molar-refractivity contribution in [3.8, 4) is 11.1 Å². The predicted octanol–water partition coefficient (Wildman–Crippen LogP) is 4.09. The number of hydrogen-bond donors (Lipinski definition) is 4. The summed E-state index contributed by atoms with van der Waals surface area (Å²) in [5, 5.41) is 10.3. The molecule has 1 aliphatic rings. The van der Waals surface area contributed by atoms with Crippen LogP contribution in [0, 0.1) is 5.92 Å². The molecule has 12 heteroatoms. The van der Waals surface area contributed by atoms with Crippen molar-refractivity contribution < 1.29 is 38.2 Å². The zero-order valence-electron chi connectivity index (χ0n) is 26.1. The molecule has 0 saturated carbocycles. The Kier molecular flexibility index (Phi) is 11.3. The van der Waals surface area contributed by atoms with Crippen LogP contribution in [0.25, 0.3) is 11.1 Å². The number of benzene rings is 3. The normalized spacial score (nSPS) is 13.0. The Bertz CT molecular complexity index is 1530. The van der Waals surface area contributed by atoms with E-state index in [9.17, 15) is 24.0 Å². The fourth-order valence-electron chi connectivity index (χ4n) is 5.02. The number of carbonyl (C=O) groups is 5. The molecule has 0 radical (unpaired) electrons. The third kappa shape index (κ3) is 8.62. The van der Waals surface area contributed by atoms with E-state index in [1.165, 1.54) is 14.0 Å². The molecule has 0 fully saturated rings. The van der Waals surface area contributed by atoms with Crippen molar-refractivity contribution in [2.24, 2.45) is 5.92 Å². The maximum Gasteiger partial charge on any atom is 0.407 e. The first-order chi connectivity index (χ1) is 22.1. The molecule has 0 saturated heterocycles. The largest absolute Gasteiger partial charge is 0.468 e. The van der Waals surface area contributed by atoms with Gasteiger partial charge in [0.2, 0.25) is 11.8 Å². The molecule has 4 amide bonds. The first kappa shape index (κ1) is 33.5. The van der Waals surface area contributed by atoms with Gasteiger partial charge >= 0.3 is 18.2 Å². The van der Waals surface area contributed by atoms with E-state index in [1.807, 2.05) is 36.4 Å². The Morgan fingerprint density at radius 1 is 0.739 bits per heavy atom. The van der Waals surface area contributed by atoms with E-state index in [0.29, 0.717) is 11.3 Å². The van der Waals surface area contributed by atoms with Gasteiger partial charge < -0.3 is 35.5 Å².